The van der Waals surface area contributed by atoms with Crippen molar-refractivity contribution in [2.75, 3.05) is 0 Å². The van der Waals surface area contributed by atoms with Crippen molar-refractivity contribution in [2.24, 2.45) is 0 Å². The number of aromatic amines is 1. The molecule has 0 aliphatic rings. The van der Waals surface area contributed by atoms with Crippen LogP contribution in [0.25, 0.3) is 21.3 Å². The minimum Gasteiger partial charge on any atom is -0.264 e. The molecule has 0 aliphatic carbocycles. The Labute approximate surface area is 109 Å². The maximum absolute atomic E-state index is 5.20. The van der Waals surface area contributed by atoms with Crippen LogP contribution >= 0.6 is 23.6 Å². The number of hydrogen-bond donors (Lipinski definition) is 1. The number of pyridine rings is 1. The fraction of sp³-hybridized carbons (Fsp3) is 0. The first-order valence-corrected chi connectivity index (χ1v) is 6.29. The van der Waals surface area contributed by atoms with Gasteiger partial charge >= 0.3 is 0 Å². The second-order valence-electron chi connectivity index (χ2n) is 3.58. The van der Waals surface area contributed by atoms with E-state index in [9.17, 15) is 0 Å². The zero-order valence-electron chi connectivity index (χ0n) is 8.81. The molecule has 0 radical (unpaired) electrons. The molecule has 0 saturated heterocycles. The Hall–Kier alpha value is -2.13. The fourth-order valence-electron chi connectivity index (χ4n) is 1.79. The van der Waals surface area contributed by atoms with Crippen molar-refractivity contribution in [1.29, 1.82) is 0 Å². The minimum atomic E-state index is 0.515. The van der Waals surface area contributed by atoms with Gasteiger partial charge < -0.3 is 0 Å². The molecular weight excluding hydrogens is 270 g/mol. The van der Waals surface area contributed by atoms with Gasteiger partial charge in [0.2, 0.25) is 14.7 Å². The number of H-pyrrole nitrogens is 1. The molecule has 4 aromatic heterocycles. The number of nitrogens with zero attached hydrogens (tertiary/aromatic N) is 6. The van der Waals surface area contributed by atoms with E-state index < -0.39 is 0 Å². The molecule has 18 heavy (non-hydrogen) atoms. The molecule has 88 valence electrons. The number of rotatable bonds is 1. The van der Waals surface area contributed by atoms with E-state index in [0.717, 1.165) is 15.5 Å². The standard InChI is InChI=1S/C9H5N7S2/c17-7-12-14-9-16(7)15-6(11-13-8(15)18-9)5-2-1-3-10-4-5/h1-4H,(H,12,17). The van der Waals surface area contributed by atoms with Crippen LogP contribution in [0.4, 0.5) is 0 Å². The van der Waals surface area contributed by atoms with Crippen LogP contribution in [0, 0.1) is 4.77 Å². The summed E-state index contributed by atoms with van der Waals surface area (Å²) in [4.78, 5) is 5.59. The van der Waals surface area contributed by atoms with E-state index in [1.807, 2.05) is 16.6 Å². The summed E-state index contributed by atoms with van der Waals surface area (Å²) < 4.78 is 4.13. The largest absolute Gasteiger partial charge is 0.264 e. The van der Waals surface area contributed by atoms with Gasteiger partial charge in [-0.1, -0.05) is 11.3 Å². The smallest absolute Gasteiger partial charge is 0.235 e. The van der Waals surface area contributed by atoms with Crippen molar-refractivity contribution in [2.45, 2.75) is 0 Å². The fourth-order valence-corrected chi connectivity index (χ4v) is 2.91. The molecule has 0 aliphatic heterocycles. The average molecular weight is 275 g/mol. The van der Waals surface area contributed by atoms with E-state index in [-0.39, 0.29) is 0 Å². The first-order valence-electron chi connectivity index (χ1n) is 5.06. The monoisotopic (exact) mass is 275 g/mol. The SMILES string of the molecule is S=c1[nH]nc2sc3nnc(-c4cccnc4)n3n12. The molecule has 9 heteroatoms. The van der Waals surface area contributed by atoms with Gasteiger partial charge in [-0.05, 0) is 24.4 Å². The van der Waals surface area contributed by atoms with Gasteiger partial charge in [-0.25, -0.2) is 5.10 Å². The quantitative estimate of drug-likeness (QED) is 0.533. The van der Waals surface area contributed by atoms with E-state index in [1.54, 1.807) is 16.9 Å². The zero-order chi connectivity index (χ0) is 12.1. The highest BCUT2D eigenvalue weighted by molar-refractivity contribution is 7.71. The van der Waals surface area contributed by atoms with E-state index >= 15 is 0 Å². The molecule has 0 fully saturated rings. The minimum absolute atomic E-state index is 0.515. The van der Waals surface area contributed by atoms with E-state index in [0.29, 0.717) is 10.6 Å². The summed E-state index contributed by atoms with van der Waals surface area (Å²) in [6.07, 6.45) is 3.46. The summed E-state index contributed by atoms with van der Waals surface area (Å²) in [6.45, 7) is 0. The number of aromatic nitrogens is 7. The summed E-state index contributed by atoms with van der Waals surface area (Å²) in [5, 5.41) is 15.2. The van der Waals surface area contributed by atoms with Gasteiger partial charge in [-0.2, -0.15) is 9.03 Å². The van der Waals surface area contributed by atoms with Crippen molar-refractivity contribution in [1.82, 2.24) is 34.4 Å². The first kappa shape index (κ1) is 9.85. The molecule has 4 rings (SSSR count). The van der Waals surface area contributed by atoms with Crippen molar-refractivity contribution in [3.05, 3.63) is 29.3 Å². The lowest BCUT2D eigenvalue weighted by Gasteiger charge is -1.96. The second kappa shape index (κ2) is 3.43. The van der Waals surface area contributed by atoms with Gasteiger partial charge in [-0.15, -0.1) is 15.3 Å². The van der Waals surface area contributed by atoms with Crippen molar-refractivity contribution in [3.8, 4) is 11.4 Å². The third-order valence-electron chi connectivity index (χ3n) is 2.54. The normalized spacial score (nSPS) is 11.6. The Morgan fingerprint density at radius 3 is 3.00 bits per heavy atom. The third kappa shape index (κ3) is 1.19. The Morgan fingerprint density at radius 2 is 2.17 bits per heavy atom. The lowest BCUT2D eigenvalue weighted by molar-refractivity contribution is 0.855. The van der Waals surface area contributed by atoms with Gasteiger partial charge in [0, 0.05) is 18.0 Å². The third-order valence-corrected chi connectivity index (χ3v) is 3.68. The van der Waals surface area contributed by atoms with E-state index in [4.69, 9.17) is 12.2 Å². The van der Waals surface area contributed by atoms with Crippen LogP contribution in [0.3, 0.4) is 0 Å². The Bertz CT molecular complexity index is 897. The van der Waals surface area contributed by atoms with Crippen molar-refractivity contribution in [3.63, 3.8) is 0 Å². The Kier molecular flexibility index (Phi) is 1.88. The van der Waals surface area contributed by atoms with Crippen LogP contribution in [0.2, 0.25) is 0 Å². The molecule has 0 amide bonds. The molecule has 0 atom stereocenters. The Morgan fingerprint density at radius 1 is 1.22 bits per heavy atom. The molecule has 4 aromatic rings. The molecule has 7 nitrogen and oxygen atoms in total. The summed E-state index contributed by atoms with van der Waals surface area (Å²) in [6, 6.07) is 3.78. The lowest BCUT2D eigenvalue weighted by Crippen LogP contribution is -1.97. The summed E-state index contributed by atoms with van der Waals surface area (Å²) in [5.41, 5.74) is 0.882. The molecule has 4 heterocycles. The number of hydrogen-bond acceptors (Lipinski definition) is 6. The molecule has 0 unspecified atom stereocenters. The second-order valence-corrected chi connectivity index (χ2v) is 4.91. The van der Waals surface area contributed by atoms with Gasteiger partial charge in [0.1, 0.15) is 0 Å². The molecule has 0 saturated carbocycles. The molecule has 0 spiro atoms. The predicted octanol–water partition coefficient (Wildman–Crippen LogP) is 1.56. The van der Waals surface area contributed by atoms with Crippen molar-refractivity contribution < 1.29 is 0 Å². The maximum atomic E-state index is 5.20. The average Bonchev–Trinajstić information content (AvgIpc) is 3.03. The molecule has 0 bridgehead atoms. The van der Waals surface area contributed by atoms with E-state index in [2.05, 4.69) is 25.4 Å². The Balaban J connectivity index is 2.18. The maximum Gasteiger partial charge on any atom is 0.235 e. The van der Waals surface area contributed by atoms with Crippen LogP contribution in [-0.2, 0) is 0 Å². The number of fused-ring (bicyclic) bond motifs is 3. The first-order chi connectivity index (χ1) is 8.84. The summed E-state index contributed by atoms with van der Waals surface area (Å²) in [7, 11) is 0. The zero-order valence-corrected chi connectivity index (χ0v) is 10.4. The summed E-state index contributed by atoms with van der Waals surface area (Å²) >= 11 is 6.62. The van der Waals surface area contributed by atoms with Crippen LogP contribution in [-0.4, -0.2) is 34.4 Å². The highest BCUT2D eigenvalue weighted by Gasteiger charge is 2.15. The topological polar surface area (TPSA) is 76.2 Å². The highest BCUT2D eigenvalue weighted by Crippen LogP contribution is 2.22. The van der Waals surface area contributed by atoms with E-state index in [1.165, 1.54) is 11.3 Å². The van der Waals surface area contributed by atoms with Crippen LogP contribution < -0.4 is 0 Å². The number of nitrogens with one attached hydrogen (secondary N) is 1. The summed E-state index contributed by atoms with van der Waals surface area (Å²) in [5.74, 6) is 0.696. The van der Waals surface area contributed by atoms with Gasteiger partial charge in [0.05, 0.1) is 0 Å². The van der Waals surface area contributed by atoms with Gasteiger partial charge in [0.15, 0.2) is 5.82 Å². The molecule has 1 N–H and O–H groups in total. The van der Waals surface area contributed by atoms with Crippen LogP contribution in [0.5, 0.6) is 0 Å². The van der Waals surface area contributed by atoms with Gasteiger partial charge in [-0.3, -0.25) is 4.98 Å². The highest BCUT2D eigenvalue weighted by atomic mass is 32.1. The van der Waals surface area contributed by atoms with Crippen molar-refractivity contribution >= 4 is 33.5 Å². The van der Waals surface area contributed by atoms with Crippen LogP contribution in [0.15, 0.2) is 24.5 Å². The predicted molar refractivity (Wildman–Crippen MR) is 68.0 cm³/mol. The molecular formula is C9H5N7S2. The molecule has 0 aromatic carbocycles. The van der Waals surface area contributed by atoms with Crippen LogP contribution in [0.1, 0.15) is 0 Å². The lowest BCUT2D eigenvalue weighted by atomic mass is 10.3. The van der Waals surface area contributed by atoms with Gasteiger partial charge in [0.25, 0.3) is 0 Å².